The zero-order valence-electron chi connectivity index (χ0n) is 10.4. The number of rotatable bonds is 3. The topological polar surface area (TPSA) is 49.6 Å². The van der Waals surface area contributed by atoms with Gasteiger partial charge in [-0.1, -0.05) is 12.1 Å². The molecule has 0 radical (unpaired) electrons. The fraction of sp³-hybridized carbons (Fsp3) is 0.462. The molecule has 1 saturated heterocycles. The molecule has 1 unspecified atom stereocenters. The maximum atomic E-state index is 11.8. The van der Waals surface area contributed by atoms with Crippen LogP contribution in [-0.2, 0) is 11.3 Å². The zero-order chi connectivity index (χ0) is 12.4. The van der Waals surface area contributed by atoms with E-state index in [-0.39, 0.29) is 11.9 Å². The first-order valence-corrected chi connectivity index (χ1v) is 5.86. The normalized spacial score (nSPS) is 20.4. The fourth-order valence-corrected chi connectivity index (χ4v) is 2.17. The number of nitrogens with two attached hydrogens (primary N) is 1. The van der Waals surface area contributed by atoms with Crippen LogP contribution >= 0.6 is 0 Å². The summed E-state index contributed by atoms with van der Waals surface area (Å²) in [6, 6.07) is 8.07. The summed E-state index contributed by atoms with van der Waals surface area (Å²) in [6.45, 7) is 1.51. The van der Waals surface area contributed by atoms with Gasteiger partial charge in [-0.2, -0.15) is 0 Å². The van der Waals surface area contributed by atoms with Crippen LogP contribution in [0.25, 0.3) is 0 Å². The summed E-state index contributed by atoms with van der Waals surface area (Å²) in [5, 5.41) is 0. The number of anilines is 1. The first-order valence-electron chi connectivity index (χ1n) is 5.86. The second-order valence-electron chi connectivity index (χ2n) is 4.88. The molecule has 92 valence electrons. The largest absolute Gasteiger partial charge is 0.326 e. The number of hydrogen-bond donors (Lipinski definition) is 1. The molecule has 0 saturated carbocycles. The van der Waals surface area contributed by atoms with Crippen LogP contribution in [0.15, 0.2) is 24.3 Å². The Hall–Kier alpha value is -1.39. The molecule has 17 heavy (non-hydrogen) atoms. The number of carbonyl (C=O) groups is 1. The minimum absolute atomic E-state index is 0.0278. The summed E-state index contributed by atoms with van der Waals surface area (Å²) in [4.78, 5) is 15.6. The lowest BCUT2D eigenvalue weighted by Crippen LogP contribution is -2.28. The standard InChI is InChI=1S/C13H19N3O/c1-15(2)8-10-4-3-5-12(6-10)16-9-11(14)7-13(16)17/h3-6,11H,7-9,14H2,1-2H3. The summed E-state index contributed by atoms with van der Waals surface area (Å²) in [6.07, 6.45) is 0.456. The summed E-state index contributed by atoms with van der Waals surface area (Å²) < 4.78 is 0. The van der Waals surface area contributed by atoms with E-state index in [0.717, 1.165) is 12.2 Å². The highest BCUT2D eigenvalue weighted by molar-refractivity contribution is 5.96. The van der Waals surface area contributed by atoms with Gasteiger partial charge in [0.1, 0.15) is 0 Å². The Labute approximate surface area is 102 Å². The number of amides is 1. The molecule has 2 N–H and O–H groups in total. The highest BCUT2D eigenvalue weighted by Gasteiger charge is 2.27. The molecular formula is C13H19N3O. The molecule has 0 bridgehead atoms. The van der Waals surface area contributed by atoms with Gasteiger partial charge in [0, 0.05) is 31.2 Å². The van der Waals surface area contributed by atoms with Crippen LogP contribution in [0, 0.1) is 0 Å². The molecule has 1 aromatic carbocycles. The van der Waals surface area contributed by atoms with E-state index in [1.807, 2.05) is 26.2 Å². The molecule has 0 aliphatic carbocycles. The molecule has 2 rings (SSSR count). The van der Waals surface area contributed by atoms with Gasteiger partial charge in [0.15, 0.2) is 0 Å². The van der Waals surface area contributed by atoms with Crippen LogP contribution in [0.1, 0.15) is 12.0 Å². The lowest BCUT2D eigenvalue weighted by atomic mass is 10.2. The Morgan fingerprint density at radius 3 is 2.82 bits per heavy atom. The Balaban J connectivity index is 2.18. The van der Waals surface area contributed by atoms with Crippen molar-refractivity contribution in [2.45, 2.75) is 19.0 Å². The Bertz CT molecular complexity index is 417. The summed E-state index contributed by atoms with van der Waals surface area (Å²) in [7, 11) is 4.06. The molecule has 0 spiro atoms. The second kappa shape index (κ2) is 4.85. The van der Waals surface area contributed by atoms with E-state index in [4.69, 9.17) is 5.73 Å². The van der Waals surface area contributed by atoms with E-state index in [0.29, 0.717) is 13.0 Å². The average Bonchev–Trinajstić information content (AvgIpc) is 2.57. The second-order valence-corrected chi connectivity index (χ2v) is 4.88. The molecule has 1 heterocycles. The minimum atomic E-state index is -0.0278. The van der Waals surface area contributed by atoms with Crippen molar-refractivity contribution in [2.75, 3.05) is 25.5 Å². The van der Waals surface area contributed by atoms with Crippen LogP contribution in [0.4, 0.5) is 5.69 Å². The molecule has 4 nitrogen and oxygen atoms in total. The predicted molar refractivity (Wildman–Crippen MR) is 68.8 cm³/mol. The van der Waals surface area contributed by atoms with Crippen molar-refractivity contribution in [3.8, 4) is 0 Å². The van der Waals surface area contributed by atoms with E-state index >= 15 is 0 Å². The Morgan fingerprint density at radius 1 is 1.47 bits per heavy atom. The third-order valence-electron chi connectivity index (χ3n) is 2.88. The lowest BCUT2D eigenvalue weighted by Gasteiger charge is -2.18. The van der Waals surface area contributed by atoms with E-state index < -0.39 is 0 Å². The minimum Gasteiger partial charge on any atom is -0.326 e. The maximum Gasteiger partial charge on any atom is 0.228 e. The lowest BCUT2D eigenvalue weighted by molar-refractivity contribution is -0.117. The van der Waals surface area contributed by atoms with Crippen LogP contribution in [0.5, 0.6) is 0 Å². The van der Waals surface area contributed by atoms with Gasteiger partial charge in [0.25, 0.3) is 0 Å². The van der Waals surface area contributed by atoms with Crippen molar-refractivity contribution in [2.24, 2.45) is 5.73 Å². The molecule has 0 aromatic heterocycles. The summed E-state index contributed by atoms with van der Waals surface area (Å²) in [5.41, 5.74) is 7.97. The van der Waals surface area contributed by atoms with Gasteiger partial charge in [0.05, 0.1) is 0 Å². The van der Waals surface area contributed by atoms with Crippen molar-refractivity contribution in [1.29, 1.82) is 0 Å². The molecular weight excluding hydrogens is 214 g/mol. The average molecular weight is 233 g/mol. The van der Waals surface area contributed by atoms with Crippen molar-refractivity contribution in [1.82, 2.24) is 4.90 Å². The molecule has 1 fully saturated rings. The van der Waals surface area contributed by atoms with Gasteiger partial charge < -0.3 is 15.5 Å². The monoisotopic (exact) mass is 233 g/mol. The number of hydrogen-bond acceptors (Lipinski definition) is 3. The predicted octanol–water partition coefficient (Wildman–Crippen LogP) is 0.812. The van der Waals surface area contributed by atoms with Crippen LogP contribution in [0.2, 0.25) is 0 Å². The van der Waals surface area contributed by atoms with Crippen LogP contribution in [0.3, 0.4) is 0 Å². The molecule has 1 aliphatic rings. The number of carbonyl (C=O) groups excluding carboxylic acids is 1. The third kappa shape index (κ3) is 2.84. The smallest absolute Gasteiger partial charge is 0.228 e. The summed E-state index contributed by atoms with van der Waals surface area (Å²) in [5.74, 6) is 0.125. The van der Waals surface area contributed by atoms with E-state index in [1.54, 1.807) is 4.90 Å². The van der Waals surface area contributed by atoms with Gasteiger partial charge in [-0.15, -0.1) is 0 Å². The van der Waals surface area contributed by atoms with Crippen molar-refractivity contribution >= 4 is 11.6 Å². The highest BCUT2D eigenvalue weighted by atomic mass is 16.2. The molecule has 1 aromatic rings. The number of nitrogens with zero attached hydrogens (tertiary/aromatic N) is 2. The fourth-order valence-electron chi connectivity index (χ4n) is 2.17. The van der Waals surface area contributed by atoms with Gasteiger partial charge >= 0.3 is 0 Å². The van der Waals surface area contributed by atoms with Crippen LogP contribution < -0.4 is 10.6 Å². The zero-order valence-corrected chi connectivity index (χ0v) is 10.4. The summed E-state index contributed by atoms with van der Waals surface area (Å²) >= 11 is 0. The van der Waals surface area contributed by atoms with Crippen molar-refractivity contribution < 1.29 is 4.79 Å². The third-order valence-corrected chi connectivity index (χ3v) is 2.88. The van der Waals surface area contributed by atoms with Crippen molar-refractivity contribution in [3.63, 3.8) is 0 Å². The highest BCUT2D eigenvalue weighted by Crippen LogP contribution is 2.22. The molecule has 1 atom stereocenters. The van der Waals surface area contributed by atoms with Gasteiger partial charge in [-0.25, -0.2) is 0 Å². The Morgan fingerprint density at radius 2 is 2.24 bits per heavy atom. The van der Waals surface area contributed by atoms with Crippen LogP contribution in [-0.4, -0.2) is 37.5 Å². The molecule has 4 heteroatoms. The molecule has 1 aliphatic heterocycles. The number of benzene rings is 1. The van der Waals surface area contributed by atoms with Gasteiger partial charge in [-0.05, 0) is 31.8 Å². The van der Waals surface area contributed by atoms with E-state index in [2.05, 4.69) is 17.0 Å². The molecule has 1 amide bonds. The maximum absolute atomic E-state index is 11.8. The van der Waals surface area contributed by atoms with E-state index in [1.165, 1.54) is 5.56 Å². The Kier molecular flexibility index (Phi) is 3.45. The quantitative estimate of drug-likeness (QED) is 0.840. The van der Waals surface area contributed by atoms with E-state index in [9.17, 15) is 4.79 Å². The van der Waals surface area contributed by atoms with Crippen molar-refractivity contribution in [3.05, 3.63) is 29.8 Å². The van der Waals surface area contributed by atoms with Gasteiger partial charge in [0.2, 0.25) is 5.91 Å². The van der Waals surface area contributed by atoms with Gasteiger partial charge in [-0.3, -0.25) is 4.79 Å². The first-order chi connectivity index (χ1) is 8.06. The SMILES string of the molecule is CN(C)Cc1cccc(N2CC(N)CC2=O)c1. The first kappa shape index (κ1) is 12.1.